The summed E-state index contributed by atoms with van der Waals surface area (Å²) in [7, 11) is 0. The van der Waals surface area contributed by atoms with Crippen LogP contribution in [0, 0.1) is 11.3 Å². The van der Waals surface area contributed by atoms with Crippen molar-refractivity contribution in [1.82, 2.24) is 15.2 Å². The lowest BCUT2D eigenvalue weighted by molar-refractivity contribution is -0.131. The van der Waals surface area contributed by atoms with Crippen LogP contribution in [0.2, 0.25) is 5.02 Å². The van der Waals surface area contributed by atoms with E-state index in [2.05, 4.69) is 10.3 Å². The third kappa shape index (κ3) is 5.47. The summed E-state index contributed by atoms with van der Waals surface area (Å²) >= 11 is 5.96. The number of nitrogens with one attached hydrogen (secondary N) is 1. The van der Waals surface area contributed by atoms with Crippen LogP contribution in [0.15, 0.2) is 54.7 Å². The van der Waals surface area contributed by atoms with Crippen LogP contribution in [-0.2, 0) is 4.79 Å². The molecule has 178 valence electrons. The van der Waals surface area contributed by atoms with Crippen molar-refractivity contribution >= 4 is 46.0 Å². The summed E-state index contributed by atoms with van der Waals surface area (Å²) in [5, 5.41) is 12.8. The van der Waals surface area contributed by atoms with Crippen molar-refractivity contribution in [2.24, 2.45) is 0 Å². The maximum absolute atomic E-state index is 13.6. The van der Waals surface area contributed by atoms with Gasteiger partial charge in [0.25, 0.3) is 11.8 Å². The molecule has 2 aromatic carbocycles. The van der Waals surface area contributed by atoms with Crippen molar-refractivity contribution in [3.8, 4) is 6.07 Å². The fraction of sp³-hybridized carbons (Fsp3) is 0.231. The quantitative estimate of drug-likeness (QED) is 0.509. The highest BCUT2D eigenvalue weighted by Gasteiger charge is 2.47. The second kappa shape index (κ2) is 9.80. The average Bonchev–Trinajstić information content (AvgIpc) is 3.17. The number of fused-ring (bicyclic) bond motifs is 1. The van der Waals surface area contributed by atoms with Crippen LogP contribution in [0.1, 0.15) is 34.8 Å². The van der Waals surface area contributed by atoms with Crippen molar-refractivity contribution in [1.29, 1.82) is 5.26 Å². The summed E-state index contributed by atoms with van der Waals surface area (Å²) in [5.74, 6) is -4.39. The highest BCUT2D eigenvalue weighted by molar-refractivity contribution is 6.30. The fourth-order valence-corrected chi connectivity index (χ4v) is 4.17. The molecule has 0 bridgehead atoms. The number of pyridine rings is 1. The number of carbonyl (C=O) groups excluding carboxylic acids is 2. The highest BCUT2D eigenvalue weighted by atomic mass is 35.5. The molecule has 1 N–H and O–H groups in total. The lowest BCUT2D eigenvalue weighted by Crippen LogP contribution is -2.43. The van der Waals surface area contributed by atoms with Crippen LogP contribution in [-0.4, -0.2) is 46.8 Å². The van der Waals surface area contributed by atoms with Crippen LogP contribution in [0.3, 0.4) is 0 Å². The first-order valence-corrected chi connectivity index (χ1v) is 11.2. The zero-order valence-corrected chi connectivity index (χ0v) is 19.5. The summed E-state index contributed by atoms with van der Waals surface area (Å²) in [4.78, 5) is 30.4. The van der Waals surface area contributed by atoms with Crippen molar-refractivity contribution in [3.05, 3.63) is 76.4 Å². The number of nitrogens with zero attached hydrogens (tertiary/aromatic N) is 3. The van der Waals surface area contributed by atoms with Gasteiger partial charge >= 0.3 is 0 Å². The van der Waals surface area contributed by atoms with E-state index >= 15 is 0 Å². The van der Waals surface area contributed by atoms with E-state index in [0.717, 1.165) is 21.6 Å². The molecule has 0 spiro atoms. The molecule has 9 heteroatoms. The lowest BCUT2D eigenvalue weighted by Gasteiger charge is -2.19. The normalized spacial score (nSPS) is 17.3. The van der Waals surface area contributed by atoms with E-state index in [1.165, 1.54) is 12.3 Å². The highest BCUT2D eigenvalue weighted by Crippen LogP contribution is 2.31. The third-order valence-corrected chi connectivity index (χ3v) is 6.08. The topological polar surface area (TPSA) is 86.1 Å². The molecule has 1 fully saturated rings. The predicted octanol–water partition coefficient (Wildman–Crippen LogP) is 4.94. The Morgan fingerprint density at radius 3 is 2.71 bits per heavy atom. The second-order valence-electron chi connectivity index (χ2n) is 8.38. The van der Waals surface area contributed by atoms with E-state index in [4.69, 9.17) is 16.9 Å². The maximum atomic E-state index is 13.6. The standard InChI is InChI=1S/C26H21ClF2N4O2/c1-16(18-3-5-19(27)6-4-18)10-17-2-7-23-22(11-17)21(8-9-31-23)25(35)32-14-24(34)33-15-26(28,29)12-20(33)13-30/h2-11,20H,12,14-15H2,1H3,(H,32,35)/b16-10+. The summed E-state index contributed by atoms with van der Waals surface area (Å²) < 4.78 is 27.3. The molecule has 0 radical (unpaired) electrons. The molecule has 1 unspecified atom stereocenters. The monoisotopic (exact) mass is 494 g/mol. The molecule has 2 amide bonds. The first kappa shape index (κ1) is 24.3. The molecule has 1 aromatic heterocycles. The molecule has 6 nitrogen and oxygen atoms in total. The number of hydrogen-bond acceptors (Lipinski definition) is 4. The Morgan fingerprint density at radius 2 is 2.00 bits per heavy atom. The molecular weight excluding hydrogens is 474 g/mol. The molecule has 1 aliphatic rings. The molecule has 35 heavy (non-hydrogen) atoms. The number of benzene rings is 2. The van der Waals surface area contributed by atoms with E-state index in [1.54, 1.807) is 12.1 Å². The smallest absolute Gasteiger partial charge is 0.268 e. The Balaban J connectivity index is 1.53. The van der Waals surface area contributed by atoms with Gasteiger partial charge in [0.15, 0.2) is 0 Å². The van der Waals surface area contributed by atoms with Crippen LogP contribution in [0.4, 0.5) is 8.78 Å². The zero-order chi connectivity index (χ0) is 25.2. The number of nitriles is 1. The number of amides is 2. The van der Waals surface area contributed by atoms with Crippen molar-refractivity contribution in [2.45, 2.75) is 25.3 Å². The Hall–Kier alpha value is -3.83. The predicted molar refractivity (Wildman–Crippen MR) is 130 cm³/mol. The first-order valence-electron chi connectivity index (χ1n) is 10.8. The molecule has 1 atom stereocenters. The number of carbonyl (C=O) groups is 2. The van der Waals surface area contributed by atoms with Gasteiger partial charge in [-0.2, -0.15) is 5.26 Å². The Labute approximate surface area is 205 Å². The average molecular weight is 495 g/mol. The van der Waals surface area contributed by atoms with Gasteiger partial charge < -0.3 is 10.2 Å². The van der Waals surface area contributed by atoms with Crippen LogP contribution in [0.5, 0.6) is 0 Å². The number of allylic oxidation sites excluding steroid dienone is 1. The first-order chi connectivity index (χ1) is 16.7. The van der Waals surface area contributed by atoms with Gasteiger partial charge in [0.05, 0.1) is 30.2 Å². The molecule has 4 rings (SSSR count). The Morgan fingerprint density at radius 1 is 1.26 bits per heavy atom. The van der Waals surface area contributed by atoms with E-state index in [-0.39, 0.29) is 0 Å². The SMILES string of the molecule is C/C(=C\c1ccc2nccc(C(=O)NCC(=O)N3CC(F)(F)CC3C#N)c2c1)c1ccc(Cl)cc1. The van der Waals surface area contributed by atoms with Gasteiger partial charge in [0, 0.05) is 23.0 Å². The number of rotatable bonds is 5. The number of alkyl halides is 2. The minimum Gasteiger partial charge on any atom is -0.343 e. The molecule has 1 saturated heterocycles. The number of halogens is 3. The Bertz CT molecular complexity index is 1370. The number of likely N-dealkylation sites (tertiary alicyclic amines) is 1. The van der Waals surface area contributed by atoms with E-state index in [0.29, 0.717) is 21.5 Å². The Kier molecular flexibility index (Phi) is 6.81. The van der Waals surface area contributed by atoms with Gasteiger partial charge in [-0.15, -0.1) is 0 Å². The maximum Gasteiger partial charge on any atom is 0.268 e. The van der Waals surface area contributed by atoms with E-state index < -0.39 is 43.3 Å². The van der Waals surface area contributed by atoms with E-state index in [9.17, 15) is 18.4 Å². The van der Waals surface area contributed by atoms with Crippen LogP contribution in [0.25, 0.3) is 22.6 Å². The zero-order valence-electron chi connectivity index (χ0n) is 18.8. The van der Waals surface area contributed by atoms with Crippen LogP contribution >= 0.6 is 11.6 Å². The third-order valence-electron chi connectivity index (χ3n) is 5.83. The van der Waals surface area contributed by atoms with Gasteiger partial charge in [0.2, 0.25) is 5.91 Å². The van der Waals surface area contributed by atoms with Gasteiger partial charge in [-0.25, -0.2) is 8.78 Å². The number of aromatic nitrogens is 1. The molecule has 2 heterocycles. The van der Waals surface area contributed by atoms with Gasteiger partial charge in [-0.1, -0.05) is 35.9 Å². The molecule has 1 aliphatic heterocycles. The summed E-state index contributed by atoms with van der Waals surface area (Å²) in [6.07, 6.45) is 2.75. The second-order valence-corrected chi connectivity index (χ2v) is 8.82. The lowest BCUT2D eigenvalue weighted by atomic mass is 10.0. The molecule has 0 saturated carbocycles. The minimum absolute atomic E-state index is 0.297. The number of hydrogen-bond donors (Lipinski definition) is 1. The van der Waals surface area contributed by atoms with Crippen LogP contribution < -0.4 is 5.32 Å². The van der Waals surface area contributed by atoms with Crippen molar-refractivity contribution in [3.63, 3.8) is 0 Å². The molecule has 3 aromatic rings. The largest absolute Gasteiger partial charge is 0.343 e. The molecule has 0 aliphatic carbocycles. The van der Waals surface area contributed by atoms with E-state index in [1.807, 2.05) is 49.4 Å². The van der Waals surface area contributed by atoms with Crippen molar-refractivity contribution < 1.29 is 18.4 Å². The summed E-state index contributed by atoms with van der Waals surface area (Å²) in [6, 6.07) is 15.0. The summed E-state index contributed by atoms with van der Waals surface area (Å²) in [6.45, 7) is 0.638. The van der Waals surface area contributed by atoms with Crippen molar-refractivity contribution in [2.75, 3.05) is 13.1 Å². The van der Waals surface area contributed by atoms with Gasteiger partial charge in [0.1, 0.15) is 6.04 Å². The van der Waals surface area contributed by atoms with Gasteiger partial charge in [-0.05, 0) is 54.0 Å². The van der Waals surface area contributed by atoms with Gasteiger partial charge in [-0.3, -0.25) is 14.6 Å². The minimum atomic E-state index is -3.12. The molecular formula is C26H21ClF2N4O2. The summed E-state index contributed by atoms with van der Waals surface area (Å²) in [5.41, 5.74) is 3.73. The fourth-order valence-electron chi connectivity index (χ4n) is 4.04.